The molecule has 0 radical (unpaired) electrons. The minimum absolute atomic E-state index is 0.0555. The van der Waals surface area contributed by atoms with Crippen LogP contribution in [0.15, 0.2) is 36.7 Å². The summed E-state index contributed by atoms with van der Waals surface area (Å²) in [6.45, 7) is 1.29. The highest BCUT2D eigenvalue weighted by Crippen LogP contribution is 2.04. The van der Waals surface area contributed by atoms with E-state index >= 15 is 0 Å². The number of urea groups is 1. The monoisotopic (exact) mass is 316 g/mol. The molecule has 0 atom stereocenters. The number of nitrogens with one attached hydrogen (secondary N) is 2. The van der Waals surface area contributed by atoms with E-state index in [1.807, 2.05) is 43.7 Å². The Morgan fingerprint density at radius 1 is 1.09 bits per heavy atom. The Morgan fingerprint density at radius 2 is 1.78 bits per heavy atom. The van der Waals surface area contributed by atoms with Crippen LogP contribution >= 0.6 is 0 Å². The molecule has 0 saturated carbocycles. The summed E-state index contributed by atoms with van der Waals surface area (Å²) < 4.78 is 1.78. The maximum atomic E-state index is 11.7. The summed E-state index contributed by atoms with van der Waals surface area (Å²) in [6, 6.07) is 7.60. The molecule has 124 valence electrons. The Hall–Kier alpha value is -2.34. The minimum Gasteiger partial charge on any atom is -0.392 e. The van der Waals surface area contributed by atoms with Crippen molar-refractivity contribution in [3.05, 3.63) is 53.3 Å². The number of benzene rings is 1. The number of aliphatic hydroxyl groups excluding tert-OH is 1. The van der Waals surface area contributed by atoms with Crippen LogP contribution in [-0.2, 0) is 26.5 Å². The number of rotatable bonds is 8. The molecule has 23 heavy (non-hydrogen) atoms. The standard InChI is InChI=1S/C17H24N4O2/c1-21-12-16(11-20-21)3-2-9-18-17(23)19-10-8-14-4-6-15(13-22)7-5-14/h4-7,11-12,22H,2-3,8-10,13H2,1H3,(H2,18,19,23). The normalized spacial score (nSPS) is 10.5. The number of hydrogen-bond acceptors (Lipinski definition) is 3. The Kier molecular flexibility index (Phi) is 6.62. The van der Waals surface area contributed by atoms with Crippen LogP contribution in [0, 0.1) is 0 Å². The van der Waals surface area contributed by atoms with Gasteiger partial charge >= 0.3 is 6.03 Å². The Labute approximate surface area is 136 Å². The fourth-order valence-electron chi connectivity index (χ4n) is 2.29. The lowest BCUT2D eigenvalue weighted by atomic mass is 10.1. The number of aryl methyl sites for hydroxylation is 2. The van der Waals surface area contributed by atoms with Gasteiger partial charge in [0, 0.05) is 26.3 Å². The number of nitrogens with zero attached hydrogens (tertiary/aromatic N) is 2. The highest BCUT2D eigenvalue weighted by Gasteiger charge is 2.01. The van der Waals surface area contributed by atoms with Gasteiger partial charge in [-0.1, -0.05) is 24.3 Å². The van der Waals surface area contributed by atoms with Crippen LogP contribution in [0.3, 0.4) is 0 Å². The van der Waals surface area contributed by atoms with Crippen molar-refractivity contribution in [2.24, 2.45) is 7.05 Å². The zero-order valence-electron chi connectivity index (χ0n) is 13.5. The summed E-state index contributed by atoms with van der Waals surface area (Å²) in [6.07, 6.45) is 6.41. The van der Waals surface area contributed by atoms with Crippen molar-refractivity contribution in [2.75, 3.05) is 13.1 Å². The third-order valence-electron chi connectivity index (χ3n) is 3.59. The van der Waals surface area contributed by atoms with Crippen LogP contribution in [0.5, 0.6) is 0 Å². The molecular formula is C17H24N4O2. The minimum atomic E-state index is -0.136. The topological polar surface area (TPSA) is 79.2 Å². The van der Waals surface area contributed by atoms with Gasteiger partial charge < -0.3 is 15.7 Å². The van der Waals surface area contributed by atoms with Crippen molar-refractivity contribution < 1.29 is 9.90 Å². The summed E-state index contributed by atoms with van der Waals surface area (Å²) in [4.78, 5) is 11.7. The van der Waals surface area contributed by atoms with Crippen molar-refractivity contribution in [3.63, 3.8) is 0 Å². The van der Waals surface area contributed by atoms with Gasteiger partial charge in [-0.25, -0.2) is 4.79 Å². The van der Waals surface area contributed by atoms with Crippen LogP contribution in [0.4, 0.5) is 4.79 Å². The van der Waals surface area contributed by atoms with Crippen LogP contribution < -0.4 is 10.6 Å². The molecule has 1 aromatic carbocycles. The van der Waals surface area contributed by atoms with E-state index in [-0.39, 0.29) is 12.6 Å². The third-order valence-corrected chi connectivity index (χ3v) is 3.59. The quantitative estimate of drug-likeness (QED) is 0.644. The average Bonchev–Trinajstić information content (AvgIpc) is 2.98. The molecule has 1 heterocycles. The molecule has 0 spiro atoms. The van der Waals surface area contributed by atoms with Crippen molar-refractivity contribution in [1.82, 2.24) is 20.4 Å². The Morgan fingerprint density at radius 3 is 2.43 bits per heavy atom. The van der Waals surface area contributed by atoms with Crippen molar-refractivity contribution >= 4 is 6.03 Å². The van der Waals surface area contributed by atoms with E-state index in [1.165, 1.54) is 5.56 Å². The van der Waals surface area contributed by atoms with Crippen LogP contribution in [0.1, 0.15) is 23.1 Å². The van der Waals surface area contributed by atoms with Gasteiger partial charge in [0.1, 0.15) is 0 Å². The molecule has 1 aromatic heterocycles. The van der Waals surface area contributed by atoms with Gasteiger partial charge in [0.15, 0.2) is 0 Å². The van der Waals surface area contributed by atoms with E-state index < -0.39 is 0 Å². The number of aliphatic hydroxyl groups is 1. The molecule has 0 unspecified atom stereocenters. The van der Waals surface area contributed by atoms with Crippen LogP contribution in [0.25, 0.3) is 0 Å². The van der Waals surface area contributed by atoms with E-state index in [0.717, 1.165) is 30.4 Å². The first-order valence-electron chi connectivity index (χ1n) is 7.85. The van der Waals surface area contributed by atoms with Crippen molar-refractivity contribution in [3.8, 4) is 0 Å². The highest BCUT2D eigenvalue weighted by molar-refractivity contribution is 5.73. The number of hydrogen-bond donors (Lipinski definition) is 3. The van der Waals surface area contributed by atoms with E-state index in [9.17, 15) is 4.79 Å². The highest BCUT2D eigenvalue weighted by atomic mass is 16.3. The molecule has 2 rings (SSSR count). The van der Waals surface area contributed by atoms with Gasteiger partial charge in [0.2, 0.25) is 0 Å². The second-order valence-electron chi connectivity index (χ2n) is 5.53. The molecule has 6 nitrogen and oxygen atoms in total. The van der Waals surface area contributed by atoms with Gasteiger partial charge in [0.25, 0.3) is 0 Å². The maximum absolute atomic E-state index is 11.7. The second kappa shape index (κ2) is 8.95. The van der Waals surface area contributed by atoms with Gasteiger partial charge in [-0.3, -0.25) is 4.68 Å². The molecule has 0 saturated heterocycles. The Balaban J connectivity index is 1.55. The summed E-state index contributed by atoms with van der Waals surface area (Å²) in [5.74, 6) is 0. The van der Waals surface area contributed by atoms with E-state index in [1.54, 1.807) is 4.68 Å². The van der Waals surface area contributed by atoms with Crippen molar-refractivity contribution in [2.45, 2.75) is 25.9 Å². The van der Waals surface area contributed by atoms with Crippen molar-refractivity contribution in [1.29, 1.82) is 0 Å². The SMILES string of the molecule is Cn1cc(CCCNC(=O)NCCc2ccc(CO)cc2)cn1. The predicted molar refractivity (Wildman–Crippen MR) is 89.0 cm³/mol. The van der Waals surface area contributed by atoms with Crippen LogP contribution in [0.2, 0.25) is 0 Å². The Bertz CT molecular complexity index is 607. The predicted octanol–water partition coefficient (Wildman–Crippen LogP) is 1.39. The van der Waals surface area contributed by atoms with Gasteiger partial charge in [0.05, 0.1) is 12.8 Å². The summed E-state index contributed by atoms with van der Waals surface area (Å²) in [5, 5.41) is 18.8. The van der Waals surface area contributed by atoms with Gasteiger partial charge in [-0.15, -0.1) is 0 Å². The molecule has 0 aliphatic carbocycles. The maximum Gasteiger partial charge on any atom is 0.314 e. The molecule has 0 fully saturated rings. The fraction of sp³-hybridized carbons (Fsp3) is 0.412. The van der Waals surface area contributed by atoms with Crippen LogP contribution in [-0.4, -0.2) is 34.0 Å². The number of aromatic nitrogens is 2. The molecule has 6 heteroatoms. The van der Waals surface area contributed by atoms with E-state index in [0.29, 0.717) is 13.1 Å². The van der Waals surface area contributed by atoms with E-state index in [2.05, 4.69) is 15.7 Å². The molecule has 0 aliphatic heterocycles. The third kappa shape index (κ3) is 6.12. The number of carbonyl (C=O) groups is 1. The first-order chi connectivity index (χ1) is 11.2. The largest absolute Gasteiger partial charge is 0.392 e. The summed E-state index contributed by atoms with van der Waals surface area (Å²) in [7, 11) is 1.90. The molecule has 0 aliphatic rings. The lowest BCUT2D eigenvalue weighted by Gasteiger charge is -2.07. The molecule has 0 bridgehead atoms. The smallest absolute Gasteiger partial charge is 0.314 e. The summed E-state index contributed by atoms with van der Waals surface area (Å²) in [5.41, 5.74) is 3.22. The molecule has 2 aromatic rings. The molecular weight excluding hydrogens is 292 g/mol. The second-order valence-corrected chi connectivity index (χ2v) is 5.53. The zero-order valence-corrected chi connectivity index (χ0v) is 13.5. The van der Waals surface area contributed by atoms with Gasteiger partial charge in [-0.05, 0) is 36.0 Å². The van der Waals surface area contributed by atoms with E-state index in [4.69, 9.17) is 5.11 Å². The lowest BCUT2D eigenvalue weighted by molar-refractivity contribution is 0.241. The number of amides is 2. The molecule has 2 amide bonds. The fourth-order valence-corrected chi connectivity index (χ4v) is 2.29. The average molecular weight is 316 g/mol. The first-order valence-corrected chi connectivity index (χ1v) is 7.85. The van der Waals surface area contributed by atoms with Gasteiger partial charge in [-0.2, -0.15) is 5.10 Å². The number of carbonyl (C=O) groups excluding carboxylic acids is 1. The summed E-state index contributed by atoms with van der Waals surface area (Å²) >= 11 is 0. The zero-order chi connectivity index (χ0) is 16.5. The first kappa shape index (κ1) is 17.0. The molecule has 3 N–H and O–H groups in total. The lowest BCUT2D eigenvalue weighted by Crippen LogP contribution is -2.37.